The van der Waals surface area contributed by atoms with E-state index in [2.05, 4.69) is 4.98 Å². The molecule has 3 aromatic rings. The highest BCUT2D eigenvalue weighted by atomic mass is 32.1. The number of nitro benzene ring substituents is 1. The Morgan fingerprint density at radius 3 is 2.57 bits per heavy atom. The summed E-state index contributed by atoms with van der Waals surface area (Å²) in [6.45, 7) is 1.57. The minimum Gasteiger partial charge on any atom is -0.345 e. The van der Waals surface area contributed by atoms with Crippen LogP contribution in [0.25, 0.3) is 10.2 Å². The van der Waals surface area contributed by atoms with Gasteiger partial charge in [-0.25, -0.2) is 13.8 Å². The van der Waals surface area contributed by atoms with Crippen LogP contribution < -0.4 is 4.90 Å². The van der Waals surface area contributed by atoms with Crippen LogP contribution in [-0.4, -0.2) is 46.9 Å². The second-order valence-corrected chi connectivity index (χ2v) is 7.29. The molecule has 0 radical (unpaired) electrons. The average molecular weight is 404 g/mol. The number of thiazole rings is 1. The molecule has 0 N–H and O–H groups in total. The molecule has 4 rings (SSSR count). The third-order valence-corrected chi connectivity index (χ3v) is 5.63. The Morgan fingerprint density at radius 2 is 1.86 bits per heavy atom. The zero-order valence-corrected chi connectivity index (χ0v) is 15.3. The summed E-state index contributed by atoms with van der Waals surface area (Å²) < 4.78 is 27.7. The van der Waals surface area contributed by atoms with Gasteiger partial charge < -0.3 is 9.80 Å². The number of anilines is 1. The van der Waals surface area contributed by atoms with E-state index >= 15 is 0 Å². The van der Waals surface area contributed by atoms with E-state index in [-0.39, 0.29) is 16.8 Å². The molecule has 1 amide bonds. The van der Waals surface area contributed by atoms with Gasteiger partial charge in [-0.1, -0.05) is 23.5 Å². The fraction of sp³-hybridized carbons (Fsp3) is 0.222. The number of benzene rings is 2. The van der Waals surface area contributed by atoms with Gasteiger partial charge in [-0.15, -0.1) is 0 Å². The van der Waals surface area contributed by atoms with Gasteiger partial charge in [0.15, 0.2) is 10.9 Å². The Bertz CT molecular complexity index is 1080. The van der Waals surface area contributed by atoms with Crippen LogP contribution >= 0.6 is 11.3 Å². The lowest BCUT2D eigenvalue weighted by Gasteiger charge is -2.34. The fourth-order valence-corrected chi connectivity index (χ4v) is 4.22. The predicted molar refractivity (Wildman–Crippen MR) is 101 cm³/mol. The molecule has 1 aromatic heterocycles. The summed E-state index contributed by atoms with van der Waals surface area (Å²) in [6, 6.07) is 7.90. The molecule has 1 fully saturated rings. The first-order chi connectivity index (χ1) is 13.4. The van der Waals surface area contributed by atoms with Crippen LogP contribution in [-0.2, 0) is 0 Å². The van der Waals surface area contributed by atoms with Crippen molar-refractivity contribution in [2.45, 2.75) is 0 Å². The first-order valence-corrected chi connectivity index (χ1v) is 9.29. The predicted octanol–water partition coefficient (Wildman–Crippen LogP) is 3.45. The van der Waals surface area contributed by atoms with Crippen molar-refractivity contribution in [1.82, 2.24) is 9.88 Å². The van der Waals surface area contributed by atoms with Gasteiger partial charge in [0.2, 0.25) is 0 Å². The maximum absolute atomic E-state index is 13.9. The number of piperazine rings is 1. The third kappa shape index (κ3) is 3.26. The Hall–Kier alpha value is -3.14. The van der Waals surface area contributed by atoms with Crippen molar-refractivity contribution in [3.8, 4) is 0 Å². The highest BCUT2D eigenvalue weighted by molar-refractivity contribution is 7.22. The number of hydrogen-bond donors (Lipinski definition) is 0. The van der Waals surface area contributed by atoms with Crippen molar-refractivity contribution in [2.24, 2.45) is 0 Å². The highest BCUT2D eigenvalue weighted by Crippen LogP contribution is 2.32. The summed E-state index contributed by atoms with van der Waals surface area (Å²) in [6.07, 6.45) is 0. The van der Waals surface area contributed by atoms with E-state index in [1.807, 2.05) is 4.90 Å². The Balaban J connectivity index is 1.50. The molecule has 7 nitrogen and oxygen atoms in total. The molecule has 0 aliphatic carbocycles. The zero-order valence-electron chi connectivity index (χ0n) is 14.5. The number of amides is 1. The first-order valence-electron chi connectivity index (χ1n) is 8.47. The minimum atomic E-state index is -0.706. The molecule has 28 heavy (non-hydrogen) atoms. The summed E-state index contributed by atoms with van der Waals surface area (Å²) in [5, 5.41) is 11.7. The second kappa shape index (κ2) is 7.12. The molecule has 10 heteroatoms. The van der Waals surface area contributed by atoms with Crippen molar-refractivity contribution in [1.29, 1.82) is 0 Å². The topological polar surface area (TPSA) is 79.6 Å². The molecule has 0 atom stereocenters. The summed E-state index contributed by atoms with van der Waals surface area (Å²) >= 11 is 1.19. The minimum absolute atomic E-state index is 0.0542. The van der Waals surface area contributed by atoms with Gasteiger partial charge in [-0.3, -0.25) is 14.9 Å². The lowest BCUT2D eigenvalue weighted by molar-refractivity contribution is -0.385. The molecule has 0 bridgehead atoms. The fourth-order valence-electron chi connectivity index (χ4n) is 3.17. The molecule has 1 aliphatic rings. The molecule has 0 spiro atoms. The van der Waals surface area contributed by atoms with Gasteiger partial charge in [-0.2, -0.15) is 0 Å². The monoisotopic (exact) mass is 404 g/mol. The number of carbonyl (C=O) groups is 1. The van der Waals surface area contributed by atoms with Crippen LogP contribution in [0.5, 0.6) is 0 Å². The van der Waals surface area contributed by atoms with Crippen molar-refractivity contribution in [2.75, 3.05) is 31.1 Å². The Labute approximate surface area is 162 Å². The Kier molecular flexibility index (Phi) is 4.63. The third-order valence-electron chi connectivity index (χ3n) is 4.57. The maximum Gasteiger partial charge on any atom is 0.282 e. The summed E-state index contributed by atoms with van der Waals surface area (Å²) in [5.41, 5.74) is -0.0445. The number of aromatic nitrogens is 1. The number of nitrogens with zero attached hydrogens (tertiary/aromatic N) is 4. The van der Waals surface area contributed by atoms with E-state index in [9.17, 15) is 23.7 Å². The van der Waals surface area contributed by atoms with Gasteiger partial charge in [-0.05, 0) is 12.1 Å². The highest BCUT2D eigenvalue weighted by Gasteiger charge is 2.28. The number of halogens is 2. The quantitative estimate of drug-likeness (QED) is 0.494. The van der Waals surface area contributed by atoms with Gasteiger partial charge in [0.25, 0.3) is 11.6 Å². The standard InChI is InChI=1S/C18H14F2N4O3S/c19-11-9-13(20)16-15(10-11)28-18(21-16)23-7-5-22(6-8-23)17(25)12-3-1-2-4-14(12)24(26)27/h1-4,9-10H,5-8H2. The maximum atomic E-state index is 13.9. The molecular weight excluding hydrogens is 390 g/mol. The van der Waals surface area contributed by atoms with Gasteiger partial charge in [0, 0.05) is 38.3 Å². The van der Waals surface area contributed by atoms with E-state index in [4.69, 9.17) is 0 Å². The number of hydrogen-bond acceptors (Lipinski definition) is 6. The zero-order chi connectivity index (χ0) is 19.8. The number of para-hydroxylation sites is 1. The molecule has 1 aliphatic heterocycles. The average Bonchev–Trinajstić information content (AvgIpc) is 3.12. The van der Waals surface area contributed by atoms with Crippen molar-refractivity contribution in [3.63, 3.8) is 0 Å². The molecule has 0 unspecified atom stereocenters. The first kappa shape index (κ1) is 18.2. The molecule has 0 saturated carbocycles. The SMILES string of the molecule is O=C(c1ccccc1[N+](=O)[O-])N1CCN(c2nc3c(F)cc(F)cc3s2)CC1. The smallest absolute Gasteiger partial charge is 0.282 e. The van der Waals surface area contributed by atoms with E-state index < -0.39 is 22.5 Å². The largest absolute Gasteiger partial charge is 0.345 e. The van der Waals surface area contributed by atoms with Gasteiger partial charge >= 0.3 is 0 Å². The molecular formula is C18H14F2N4O3S. The Morgan fingerprint density at radius 1 is 1.14 bits per heavy atom. The van der Waals surface area contributed by atoms with Crippen molar-refractivity contribution < 1.29 is 18.5 Å². The summed E-state index contributed by atoms with van der Waals surface area (Å²) in [5.74, 6) is -1.76. The lowest BCUT2D eigenvalue weighted by atomic mass is 10.1. The van der Waals surface area contributed by atoms with Crippen LogP contribution in [0.2, 0.25) is 0 Å². The lowest BCUT2D eigenvalue weighted by Crippen LogP contribution is -2.48. The van der Waals surface area contributed by atoms with Crippen LogP contribution in [0.4, 0.5) is 19.6 Å². The second-order valence-electron chi connectivity index (χ2n) is 6.28. The van der Waals surface area contributed by atoms with Crippen LogP contribution in [0.1, 0.15) is 10.4 Å². The summed E-state index contributed by atoms with van der Waals surface area (Å²) in [4.78, 5) is 31.0. The summed E-state index contributed by atoms with van der Waals surface area (Å²) in [7, 11) is 0. The number of rotatable bonds is 3. The molecule has 144 valence electrons. The number of nitro groups is 1. The normalized spacial score (nSPS) is 14.5. The molecule has 1 saturated heterocycles. The molecule has 2 heterocycles. The number of carbonyl (C=O) groups excluding carboxylic acids is 1. The van der Waals surface area contributed by atoms with Crippen LogP contribution in [0.15, 0.2) is 36.4 Å². The van der Waals surface area contributed by atoms with E-state index in [0.717, 1.165) is 6.07 Å². The van der Waals surface area contributed by atoms with E-state index in [0.29, 0.717) is 36.0 Å². The van der Waals surface area contributed by atoms with Crippen molar-refractivity contribution in [3.05, 3.63) is 63.7 Å². The molecule has 2 aromatic carbocycles. The van der Waals surface area contributed by atoms with Crippen LogP contribution in [0.3, 0.4) is 0 Å². The van der Waals surface area contributed by atoms with E-state index in [1.165, 1.54) is 35.6 Å². The van der Waals surface area contributed by atoms with Crippen molar-refractivity contribution >= 4 is 38.3 Å². The van der Waals surface area contributed by atoms with Crippen LogP contribution in [0, 0.1) is 21.7 Å². The number of fused-ring (bicyclic) bond motifs is 1. The van der Waals surface area contributed by atoms with Gasteiger partial charge in [0.05, 0.1) is 9.62 Å². The van der Waals surface area contributed by atoms with E-state index in [1.54, 1.807) is 11.0 Å². The van der Waals surface area contributed by atoms with Gasteiger partial charge in [0.1, 0.15) is 16.9 Å².